The summed E-state index contributed by atoms with van der Waals surface area (Å²) in [5.41, 5.74) is 1.45. The Morgan fingerprint density at radius 2 is 1.63 bits per heavy atom. The molecule has 2 aromatic rings. The summed E-state index contributed by atoms with van der Waals surface area (Å²) in [6, 6.07) is 14.7. The second-order valence-electron chi connectivity index (χ2n) is 5.63. The summed E-state index contributed by atoms with van der Waals surface area (Å²) in [6.45, 7) is -1.39. The van der Waals surface area contributed by atoms with E-state index in [1.165, 1.54) is 30.3 Å². The number of benzene rings is 2. The average molecular weight is 398 g/mol. The molecule has 0 heterocycles. The van der Waals surface area contributed by atoms with E-state index < -0.39 is 28.7 Å². The number of hydrogen-bond donors (Lipinski definition) is 2. The Morgan fingerprint density at radius 1 is 1.00 bits per heavy atom. The third kappa shape index (κ3) is 7.95. The van der Waals surface area contributed by atoms with Gasteiger partial charge in [0, 0.05) is 5.69 Å². The molecule has 0 spiro atoms. The highest BCUT2D eigenvalue weighted by Crippen LogP contribution is 2.14. The Bertz CT molecular complexity index is 894. The summed E-state index contributed by atoms with van der Waals surface area (Å²) in [5.74, 6) is -0.772. The number of halogens is 3. The highest BCUT2D eigenvalue weighted by Gasteiger charge is 2.27. The molecule has 2 rings (SSSR count). The molecular weight excluding hydrogens is 381 g/mol. The zero-order valence-corrected chi connectivity index (χ0v) is 14.8. The molecule has 0 saturated heterocycles. The molecule has 144 valence electrons. The van der Waals surface area contributed by atoms with Gasteiger partial charge in [-0.2, -0.15) is 13.2 Å². The number of anilines is 1. The van der Waals surface area contributed by atoms with Crippen LogP contribution in [0, 0.1) is 0 Å². The SMILES string of the molecule is O=C(Cc1ccc(NS(=O)(=O)/C=C/c2ccccc2)cc1)NCC(F)(F)F. The summed E-state index contributed by atoms with van der Waals surface area (Å²) in [4.78, 5) is 11.5. The van der Waals surface area contributed by atoms with Gasteiger partial charge >= 0.3 is 6.18 Å². The van der Waals surface area contributed by atoms with Crippen LogP contribution in [-0.4, -0.2) is 27.0 Å². The number of rotatable bonds is 7. The fourth-order valence-corrected chi connectivity index (χ4v) is 2.94. The number of alkyl halides is 3. The molecule has 0 saturated carbocycles. The number of nitrogens with one attached hydrogen (secondary N) is 2. The van der Waals surface area contributed by atoms with E-state index in [1.807, 2.05) is 6.07 Å². The van der Waals surface area contributed by atoms with Crippen molar-refractivity contribution in [2.45, 2.75) is 12.6 Å². The number of carbonyl (C=O) groups is 1. The monoisotopic (exact) mass is 398 g/mol. The van der Waals surface area contributed by atoms with Gasteiger partial charge in [-0.05, 0) is 29.3 Å². The highest BCUT2D eigenvalue weighted by molar-refractivity contribution is 7.95. The van der Waals surface area contributed by atoms with E-state index in [4.69, 9.17) is 0 Å². The molecule has 2 N–H and O–H groups in total. The Morgan fingerprint density at radius 3 is 2.22 bits per heavy atom. The Balaban J connectivity index is 1.93. The van der Waals surface area contributed by atoms with Crippen LogP contribution >= 0.6 is 0 Å². The van der Waals surface area contributed by atoms with Crippen molar-refractivity contribution in [3.8, 4) is 0 Å². The van der Waals surface area contributed by atoms with Gasteiger partial charge in [-0.1, -0.05) is 42.5 Å². The van der Waals surface area contributed by atoms with Crippen molar-refractivity contribution in [1.29, 1.82) is 0 Å². The van der Waals surface area contributed by atoms with Crippen LogP contribution in [0.4, 0.5) is 18.9 Å². The first kappa shape index (κ1) is 20.5. The van der Waals surface area contributed by atoms with Crippen LogP contribution in [0.15, 0.2) is 60.0 Å². The molecule has 1 amide bonds. The summed E-state index contributed by atoms with van der Waals surface area (Å²) in [6.07, 6.45) is -3.26. The van der Waals surface area contributed by atoms with Gasteiger partial charge in [-0.15, -0.1) is 0 Å². The van der Waals surface area contributed by atoms with Crippen LogP contribution in [0.5, 0.6) is 0 Å². The third-order valence-corrected chi connectivity index (χ3v) is 4.32. The molecule has 0 atom stereocenters. The largest absolute Gasteiger partial charge is 0.405 e. The van der Waals surface area contributed by atoms with Crippen molar-refractivity contribution in [3.63, 3.8) is 0 Å². The fraction of sp³-hybridized carbons (Fsp3) is 0.167. The van der Waals surface area contributed by atoms with Crippen LogP contribution in [0.1, 0.15) is 11.1 Å². The van der Waals surface area contributed by atoms with E-state index in [-0.39, 0.29) is 12.1 Å². The van der Waals surface area contributed by atoms with Gasteiger partial charge in [-0.25, -0.2) is 8.42 Å². The van der Waals surface area contributed by atoms with Gasteiger partial charge in [0.2, 0.25) is 5.91 Å². The van der Waals surface area contributed by atoms with E-state index in [1.54, 1.807) is 29.6 Å². The molecule has 2 aromatic carbocycles. The maximum absolute atomic E-state index is 12.1. The van der Waals surface area contributed by atoms with Gasteiger partial charge in [0.05, 0.1) is 11.8 Å². The number of amides is 1. The predicted molar refractivity (Wildman–Crippen MR) is 97.2 cm³/mol. The second kappa shape index (κ2) is 8.72. The molecule has 9 heteroatoms. The molecule has 0 radical (unpaired) electrons. The zero-order chi connectivity index (χ0) is 19.9. The number of sulfonamides is 1. The topological polar surface area (TPSA) is 75.3 Å². The van der Waals surface area contributed by atoms with E-state index in [0.29, 0.717) is 5.56 Å². The van der Waals surface area contributed by atoms with Gasteiger partial charge in [-0.3, -0.25) is 9.52 Å². The molecule has 5 nitrogen and oxygen atoms in total. The average Bonchev–Trinajstić information content (AvgIpc) is 2.60. The molecule has 27 heavy (non-hydrogen) atoms. The summed E-state index contributed by atoms with van der Waals surface area (Å²) < 4.78 is 62.6. The molecular formula is C18H17F3N2O3S. The summed E-state index contributed by atoms with van der Waals surface area (Å²) >= 11 is 0. The van der Waals surface area contributed by atoms with E-state index in [9.17, 15) is 26.4 Å². The quantitative estimate of drug-likeness (QED) is 0.751. The smallest absolute Gasteiger partial charge is 0.347 e. The highest BCUT2D eigenvalue weighted by atomic mass is 32.2. The lowest BCUT2D eigenvalue weighted by Gasteiger charge is -2.09. The Kier molecular flexibility index (Phi) is 6.62. The summed E-state index contributed by atoms with van der Waals surface area (Å²) in [5, 5.41) is 2.80. The van der Waals surface area contributed by atoms with E-state index >= 15 is 0 Å². The van der Waals surface area contributed by atoms with E-state index in [0.717, 1.165) is 11.0 Å². The maximum Gasteiger partial charge on any atom is 0.405 e. The second-order valence-corrected chi connectivity index (χ2v) is 7.19. The van der Waals surface area contributed by atoms with Crippen LogP contribution in [-0.2, 0) is 21.2 Å². The van der Waals surface area contributed by atoms with Crippen molar-refractivity contribution < 1.29 is 26.4 Å². The first-order valence-electron chi connectivity index (χ1n) is 7.81. The van der Waals surface area contributed by atoms with Gasteiger partial charge < -0.3 is 5.32 Å². The van der Waals surface area contributed by atoms with Crippen LogP contribution in [0.25, 0.3) is 6.08 Å². The Labute approximate surface area is 155 Å². The van der Waals surface area contributed by atoms with Crippen molar-refractivity contribution in [2.24, 2.45) is 0 Å². The first-order chi connectivity index (χ1) is 12.6. The van der Waals surface area contributed by atoms with Gasteiger partial charge in [0.1, 0.15) is 6.54 Å². The minimum absolute atomic E-state index is 0.239. The van der Waals surface area contributed by atoms with Crippen molar-refractivity contribution in [1.82, 2.24) is 5.32 Å². The van der Waals surface area contributed by atoms with Gasteiger partial charge in [0.15, 0.2) is 0 Å². The predicted octanol–water partition coefficient (Wildman–Crippen LogP) is 3.32. The van der Waals surface area contributed by atoms with Crippen LogP contribution in [0.3, 0.4) is 0 Å². The first-order valence-corrected chi connectivity index (χ1v) is 9.36. The lowest BCUT2D eigenvalue weighted by atomic mass is 10.1. The molecule has 0 fully saturated rings. The molecule has 0 unspecified atom stereocenters. The van der Waals surface area contributed by atoms with Crippen molar-refractivity contribution >= 4 is 27.7 Å². The summed E-state index contributed by atoms with van der Waals surface area (Å²) in [7, 11) is -3.73. The lowest BCUT2D eigenvalue weighted by molar-refractivity contribution is -0.138. The molecule has 0 aliphatic heterocycles. The molecule has 0 aromatic heterocycles. The van der Waals surface area contributed by atoms with Crippen LogP contribution < -0.4 is 10.0 Å². The van der Waals surface area contributed by atoms with Gasteiger partial charge in [0.25, 0.3) is 10.0 Å². The Hall–Kier alpha value is -2.81. The minimum Gasteiger partial charge on any atom is -0.347 e. The molecule has 0 aliphatic rings. The van der Waals surface area contributed by atoms with Crippen molar-refractivity contribution in [3.05, 3.63) is 71.1 Å². The molecule has 0 bridgehead atoms. The fourth-order valence-electron chi connectivity index (χ4n) is 2.07. The lowest BCUT2D eigenvalue weighted by Crippen LogP contribution is -2.34. The zero-order valence-electron chi connectivity index (χ0n) is 14.0. The third-order valence-electron chi connectivity index (χ3n) is 3.30. The van der Waals surface area contributed by atoms with Crippen molar-refractivity contribution in [2.75, 3.05) is 11.3 Å². The maximum atomic E-state index is 12.1. The van der Waals surface area contributed by atoms with Crippen LogP contribution in [0.2, 0.25) is 0 Å². The number of carbonyl (C=O) groups excluding carboxylic acids is 1. The molecule has 0 aliphatic carbocycles. The minimum atomic E-state index is -4.47. The van der Waals surface area contributed by atoms with E-state index in [2.05, 4.69) is 4.72 Å². The number of hydrogen-bond acceptors (Lipinski definition) is 3. The standard InChI is InChI=1S/C18H17F3N2O3S/c19-18(20,21)13-22-17(24)12-15-6-8-16(9-7-15)23-27(25,26)11-10-14-4-2-1-3-5-14/h1-11,23H,12-13H2,(H,22,24)/b11-10+. The normalized spacial score (nSPS) is 12.1.